The molecule has 1 N–H and O–H groups in total. The fourth-order valence-electron chi connectivity index (χ4n) is 2.89. The van der Waals surface area contributed by atoms with Gasteiger partial charge in [-0.25, -0.2) is 8.42 Å². The summed E-state index contributed by atoms with van der Waals surface area (Å²) in [6.07, 6.45) is 0.588. The number of carbonyl (C=O) groups is 1. The lowest BCUT2D eigenvalue weighted by atomic mass is 10.3. The summed E-state index contributed by atoms with van der Waals surface area (Å²) in [7, 11) is 1.59. The molecule has 0 aliphatic carbocycles. The first-order valence-corrected chi connectivity index (χ1v) is 11.4. The lowest BCUT2D eigenvalue weighted by molar-refractivity contribution is -0.119. The highest BCUT2D eigenvalue weighted by molar-refractivity contribution is 7.92. The molecule has 0 aliphatic heterocycles. The van der Waals surface area contributed by atoms with Gasteiger partial charge in [0.25, 0.3) is 10.0 Å². The van der Waals surface area contributed by atoms with Crippen molar-refractivity contribution in [3.8, 4) is 17.2 Å². The SMILES string of the molecule is COCCCNC(=O)CN(c1cc(Cl)ccc1OC)S(=O)(=O)c1ccc(OC)c(OC)c1. The Hall–Kier alpha value is -2.69. The van der Waals surface area contributed by atoms with Crippen LogP contribution in [0.3, 0.4) is 0 Å². The number of carbonyl (C=O) groups excluding carboxylic acids is 1. The Bertz CT molecular complexity index is 1030. The van der Waals surface area contributed by atoms with E-state index in [0.29, 0.717) is 25.3 Å². The van der Waals surface area contributed by atoms with Gasteiger partial charge < -0.3 is 24.3 Å². The molecular weight excluding hydrogens is 460 g/mol. The van der Waals surface area contributed by atoms with E-state index in [1.54, 1.807) is 13.2 Å². The van der Waals surface area contributed by atoms with E-state index >= 15 is 0 Å². The van der Waals surface area contributed by atoms with Crippen LogP contribution in [0.15, 0.2) is 41.3 Å². The predicted molar refractivity (Wildman–Crippen MR) is 122 cm³/mol. The number of benzene rings is 2. The van der Waals surface area contributed by atoms with Crippen LogP contribution in [0.1, 0.15) is 6.42 Å². The van der Waals surface area contributed by atoms with Crippen LogP contribution in [0.4, 0.5) is 5.69 Å². The number of ether oxygens (including phenoxy) is 4. The standard InChI is InChI=1S/C21H27ClN2O7S/c1-28-11-5-10-23-21(25)14-24(17-12-15(22)6-8-18(17)29-2)32(26,27)16-7-9-19(30-3)20(13-16)31-4/h6-9,12-13H,5,10-11,14H2,1-4H3,(H,23,25). The Kier molecular flexibility index (Phi) is 9.42. The van der Waals surface area contributed by atoms with E-state index < -0.39 is 22.5 Å². The van der Waals surface area contributed by atoms with Gasteiger partial charge in [0.15, 0.2) is 11.5 Å². The molecule has 2 aromatic carbocycles. The molecule has 32 heavy (non-hydrogen) atoms. The van der Waals surface area contributed by atoms with Gasteiger partial charge >= 0.3 is 0 Å². The summed E-state index contributed by atoms with van der Waals surface area (Å²) in [6, 6.07) is 8.70. The topological polar surface area (TPSA) is 103 Å². The number of sulfonamides is 1. The molecule has 0 spiro atoms. The van der Waals surface area contributed by atoms with Gasteiger partial charge in [-0.3, -0.25) is 9.10 Å². The molecule has 0 saturated heterocycles. The number of nitrogens with one attached hydrogen (secondary N) is 1. The van der Waals surface area contributed by atoms with Gasteiger partial charge in [-0.1, -0.05) is 11.6 Å². The highest BCUT2D eigenvalue weighted by Crippen LogP contribution is 2.36. The molecule has 11 heteroatoms. The molecule has 1 amide bonds. The van der Waals surface area contributed by atoms with Crippen LogP contribution < -0.4 is 23.8 Å². The number of halogens is 1. The quantitative estimate of drug-likeness (QED) is 0.460. The van der Waals surface area contributed by atoms with Crippen molar-refractivity contribution in [2.45, 2.75) is 11.3 Å². The zero-order chi connectivity index (χ0) is 23.7. The summed E-state index contributed by atoms with van der Waals surface area (Å²) in [5, 5.41) is 2.98. The average Bonchev–Trinajstić information content (AvgIpc) is 2.79. The minimum absolute atomic E-state index is 0.0932. The molecule has 9 nitrogen and oxygen atoms in total. The van der Waals surface area contributed by atoms with Crippen molar-refractivity contribution in [2.75, 3.05) is 52.4 Å². The van der Waals surface area contributed by atoms with Crippen LogP contribution >= 0.6 is 11.6 Å². The van der Waals surface area contributed by atoms with E-state index in [1.165, 1.54) is 51.7 Å². The molecule has 0 heterocycles. The molecule has 0 fully saturated rings. The van der Waals surface area contributed by atoms with Gasteiger partial charge in [0.2, 0.25) is 5.91 Å². The molecule has 0 aliphatic rings. The second-order valence-electron chi connectivity index (χ2n) is 6.54. The van der Waals surface area contributed by atoms with Crippen LogP contribution in [0, 0.1) is 0 Å². The average molecular weight is 487 g/mol. The number of methoxy groups -OCH3 is 4. The highest BCUT2D eigenvalue weighted by Gasteiger charge is 2.30. The number of hydrogen-bond acceptors (Lipinski definition) is 7. The third-order valence-electron chi connectivity index (χ3n) is 4.49. The summed E-state index contributed by atoms with van der Waals surface area (Å²) in [5.74, 6) is 0.350. The van der Waals surface area contributed by atoms with Gasteiger partial charge in [-0.15, -0.1) is 0 Å². The molecule has 2 aromatic rings. The van der Waals surface area contributed by atoms with E-state index in [0.717, 1.165) is 4.31 Å². The highest BCUT2D eigenvalue weighted by atomic mass is 35.5. The maximum Gasteiger partial charge on any atom is 0.265 e. The molecule has 0 radical (unpaired) electrons. The lowest BCUT2D eigenvalue weighted by Gasteiger charge is -2.26. The first-order valence-electron chi connectivity index (χ1n) is 9.62. The largest absolute Gasteiger partial charge is 0.495 e. The lowest BCUT2D eigenvalue weighted by Crippen LogP contribution is -2.41. The van der Waals surface area contributed by atoms with Crippen molar-refractivity contribution in [2.24, 2.45) is 0 Å². The number of hydrogen-bond donors (Lipinski definition) is 1. The third kappa shape index (κ3) is 6.18. The van der Waals surface area contributed by atoms with Crippen molar-refractivity contribution < 1.29 is 32.2 Å². The van der Waals surface area contributed by atoms with Crippen LogP contribution in [0.25, 0.3) is 0 Å². The number of amides is 1. The number of anilines is 1. The number of rotatable bonds is 12. The minimum atomic E-state index is -4.22. The fourth-order valence-corrected chi connectivity index (χ4v) is 4.50. The Balaban J connectivity index is 2.50. The van der Waals surface area contributed by atoms with Crippen LogP contribution in [0.5, 0.6) is 17.2 Å². The maximum absolute atomic E-state index is 13.6. The van der Waals surface area contributed by atoms with E-state index in [1.807, 2.05) is 0 Å². The monoisotopic (exact) mass is 486 g/mol. The van der Waals surface area contributed by atoms with Gasteiger partial charge in [0.05, 0.1) is 31.9 Å². The fraction of sp³-hybridized carbons (Fsp3) is 0.381. The summed E-state index contributed by atoms with van der Waals surface area (Å²) in [6.45, 7) is 0.319. The normalized spacial score (nSPS) is 11.0. The van der Waals surface area contributed by atoms with Gasteiger partial charge in [0, 0.05) is 31.4 Å². The van der Waals surface area contributed by atoms with Crippen LogP contribution in [0.2, 0.25) is 5.02 Å². The minimum Gasteiger partial charge on any atom is -0.495 e. The molecule has 0 atom stereocenters. The third-order valence-corrected chi connectivity index (χ3v) is 6.48. The van der Waals surface area contributed by atoms with Crippen molar-refractivity contribution >= 4 is 33.2 Å². The molecule has 0 unspecified atom stereocenters. The Morgan fingerprint density at radius 3 is 2.25 bits per heavy atom. The molecule has 176 valence electrons. The van der Waals surface area contributed by atoms with Crippen molar-refractivity contribution in [3.05, 3.63) is 41.4 Å². The van der Waals surface area contributed by atoms with Crippen LogP contribution in [-0.2, 0) is 19.6 Å². The van der Waals surface area contributed by atoms with E-state index in [4.69, 9.17) is 30.5 Å². The van der Waals surface area contributed by atoms with E-state index in [-0.39, 0.29) is 27.1 Å². The van der Waals surface area contributed by atoms with Gasteiger partial charge in [-0.05, 0) is 36.8 Å². The first kappa shape index (κ1) is 25.6. The Morgan fingerprint density at radius 1 is 0.969 bits per heavy atom. The number of nitrogens with zero attached hydrogens (tertiary/aromatic N) is 1. The summed E-state index contributed by atoms with van der Waals surface area (Å²) >= 11 is 6.13. The molecule has 0 bridgehead atoms. The zero-order valence-corrected chi connectivity index (χ0v) is 20.0. The zero-order valence-electron chi connectivity index (χ0n) is 18.4. The molecule has 2 rings (SSSR count). The molecular formula is C21H27ClN2O7S. The predicted octanol–water partition coefficient (Wildman–Crippen LogP) is 2.71. The summed E-state index contributed by atoms with van der Waals surface area (Å²) in [5.41, 5.74) is 0.127. The van der Waals surface area contributed by atoms with Crippen molar-refractivity contribution in [1.29, 1.82) is 0 Å². The van der Waals surface area contributed by atoms with Crippen LogP contribution in [-0.4, -0.2) is 62.5 Å². The van der Waals surface area contributed by atoms with Crippen molar-refractivity contribution in [1.82, 2.24) is 5.32 Å². The second kappa shape index (κ2) is 11.8. The second-order valence-corrected chi connectivity index (χ2v) is 8.84. The molecule has 0 saturated carbocycles. The Morgan fingerprint density at radius 2 is 1.62 bits per heavy atom. The molecule has 0 aromatic heterocycles. The van der Waals surface area contributed by atoms with Crippen molar-refractivity contribution in [3.63, 3.8) is 0 Å². The smallest absolute Gasteiger partial charge is 0.265 e. The van der Waals surface area contributed by atoms with Gasteiger partial charge in [-0.2, -0.15) is 0 Å². The summed E-state index contributed by atoms with van der Waals surface area (Å²) < 4.78 is 48.9. The van der Waals surface area contributed by atoms with E-state index in [2.05, 4.69) is 5.32 Å². The maximum atomic E-state index is 13.6. The summed E-state index contributed by atoms with van der Waals surface area (Å²) in [4.78, 5) is 12.5. The Labute approximate surface area is 193 Å². The first-order chi connectivity index (χ1) is 15.3. The van der Waals surface area contributed by atoms with Gasteiger partial charge in [0.1, 0.15) is 12.3 Å². The van der Waals surface area contributed by atoms with E-state index in [9.17, 15) is 13.2 Å².